The molecule has 3 N–H and O–H groups in total. The second kappa shape index (κ2) is 13.7. The molecule has 0 radical (unpaired) electrons. The zero-order valence-electron chi connectivity index (χ0n) is 19.3. The van der Waals surface area contributed by atoms with Crippen LogP contribution in [0.2, 0.25) is 0 Å². The minimum Gasteiger partial charge on any atom is -0.388 e. The van der Waals surface area contributed by atoms with E-state index in [1.54, 1.807) is 0 Å². The van der Waals surface area contributed by atoms with E-state index in [1.807, 2.05) is 68.7 Å². The lowest BCUT2D eigenvalue weighted by atomic mass is 10.0. The minimum absolute atomic E-state index is 0. The maximum Gasteiger partial charge on any atom is 0.164 e. The van der Waals surface area contributed by atoms with Crippen molar-refractivity contribution in [2.45, 2.75) is 18.9 Å². The molecule has 5 heteroatoms. The van der Waals surface area contributed by atoms with Gasteiger partial charge >= 0.3 is 0 Å². The van der Waals surface area contributed by atoms with Crippen LogP contribution >= 0.6 is 12.4 Å². The van der Waals surface area contributed by atoms with E-state index in [1.165, 1.54) is 16.2 Å². The first-order valence-electron chi connectivity index (χ1n) is 11.1. The number of aliphatic hydroxyl groups excluding tert-OH is 1. The van der Waals surface area contributed by atoms with Crippen LogP contribution in [0.25, 0.3) is 21.5 Å². The van der Waals surface area contributed by atoms with Crippen molar-refractivity contribution in [1.82, 2.24) is 10.6 Å². The molecule has 0 heterocycles. The third-order valence-corrected chi connectivity index (χ3v) is 5.50. The van der Waals surface area contributed by atoms with E-state index in [4.69, 9.17) is 0 Å². The Bertz CT molecular complexity index is 1160. The van der Waals surface area contributed by atoms with Crippen molar-refractivity contribution in [3.8, 4) is 0 Å². The molecule has 0 spiro atoms. The van der Waals surface area contributed by atoms with Gasteiger partial charge in [-0.15, -0.1) is 12.4 Å². The second-order valence-electron chi connectivity index (χ2n) is 7.85. The van der Waals surface area contributed by atoms with Gasteiger partial charge in [-0.05, 0) is 66.3 Å². The van der Waals surface area contributed by atoms with Gasteiger partial charge in [-0.1, -0.05) is 72.8 Å². The Morgan fingerprint density at radius 1 is 0.758 bits per heavy atom. The predicted octanol–water partition coefficient (Wildman–Crippen LogP) is 5.54. The summed E-state index contributed by atoms with van der Waals surface area (Å²) in [6, 6.07) is 28.3. The van der Waals surface area contributed by atoms with Crippen LogP contribution in [0.3, 0.4) is 0 Å². The number of benzene rings is 4. The average Bonchev–Trinajstić information content (AvgIpc) is 2.85. The Hall–Kier alpha value is -2.76. The molecule has 4 aromatic carbocycles. The third-order valence-electron chi connectivity index (χ3n) is 5.50. The summed E-state index contributed by atoms with van der Waals surface area (Å²) in [7, 11) is 3.75. The van der Waals surface area contributed by atoms with Crippen molar-refractivity contribution in [3.05, 3.63) is 96.1 Å². The SMILES string of the molecule is CNCCC(=O)c1ccc2ccccc2c1.CNCC[C@H](O)c1ccc2ccccc2c1.Cl. The Kier molecular flexibility index (Phi) is 11.0. The highest BCUT2D eigenvalue weighted by atomic mass is 35.5. The van der Waals surface area contributed by atoms with Gasteiger partial charge in [-0.3, -0.25) is 4.79 Å². The molecule has 0 aliphatic carbocycles. The Morgan fingerprint density at radius 2 is 1.30 bits per heavy atom. The van der Waals surface area contributed by atoms with Crippen LogP contribution in [-0.2, 0) is 0 Å². The first-order chi connectivity index (χ1) is 15.6. The smallest absolute Gasteiger partial charge is 0.164 e. The second-order valence-corrected chi connectivity index (χ2v) is 7.85. The van der Waals surface area contributed by atoms with E-state index in [2.05, 4.69) is 41.0 Å². The summed E-state index contributed by atoms with van der Waals surface area (Å²) in [5.41, 5.74) is 1.79. The van der Waals surface area contributed by atoms with E-state index in [0.717, 1.165) is 36.0 Å². The van der Waals surface area contributed by atoms with Crippen LogP contribution in [0.5, 0.6) is 0 Å². The van der Waals surface area contributed by atoms with Gasteiger partial charge in [-0.25, -0.2) is 0 Å². The Labute approximate surface area is 202 Å². The van der Waals surface area contributed by atoms with Gasteiger partial charge in [0.1, 0.15) is 0 Å². The van der Waals surface area contributed by atoms with E-state index in [-0.39, 0.29) is 24.3 Å². The molecule has 0 saturated carbocycles. The monoisotopic (exact) mass is 464 g/mol. The van der Waals surface area contributed by atoms with Crippen molar-refractivity contribution >= 4 is 39.7 Å². The zero-order chi connectivity index (χ0) is 22.8. The summed E-state index contributed by atoms with van der Waals surface area (Å²) in [6.45, 7) is 1.56. The molecule has 0 aromatic heterocycles. The molecule has 0 unspecified atom stereocenters. The molecule has 0 aliphatic rings. The summed E-state index contributed by atoms with van der Waals surface area (Å²) in [5.74, 6) is 0.195. The van der Waals surface area contributed by atoms with Crippen molar-refractivity contribution < 1.29 is 9.90 Å². The molecule has 0 aliphatic heterocycles. The van der Waals surface area contributed by atoms with Crippen molar-refractivity contribution in [2.75, 3.05) is 27.2 Å². The molecular formula is C28H33ClN2O2. The standard InChI is InChI=1S/C14H17NO.C14H15NO.ClH/c2*1-15-9-8-14(16)13-7-6-11-4-2-3-5-12(11)10-13;/h2-7,10,14-16H,8-9H2,1H3;2-7,10,15H,8-9H2,1H3;1H/t14-;;/m0../s1. The van der Waals surface area contributed by atoms with E-state index in [9.17, 15) is 9.90 Å². The molecule has 4 nitrogen and oxygen atoms in total. The number of nitrogens with one attached hydrogen (secondary N) is 2. The number of fused-ring (bicyclic) bond motifs is 2. The van der Waals surface area contributed by atoms with Crippen molar-refractivity contribution in [3.63, 3.8) is 0 Å². The number of carbonyl (C=O) groups is 1. The van der Waals surface area contributed by atoms with Gasteiger partial charge in [0.15, 0.2) is 5.78 Å². The van der Waals surface area contributed by atoms with Gasteiger partial charge in [-0.2, -0.15) is 0 Å². The number of ketones is 1. The largest absolute Gasteiger partial charge is 0.388 e. The van der Waals surface area contributed by atoms with Crippen LogP contribution < -0.4 is 10.6 Å². The average molecular weight is 465 g/mol. The van der Waals surface area contributed by atoms with Crippen LogP contribution in [0.1, 0.15) is 34.9 Å². The topological polar surface area (TPSA) is 61.4 Å². The minimum atomic E-state index is -0.378. The first-order valence-corrected chi connectivity index (χ1v) is 11.1. The maximum atomic E-state index is 11.8. The van der Waals surface area contributed by atoms with Gasteiger partial charge < -0.3 is 15.7 Å². The molecule has 0 fully saturated rings. The number of hydrogen-bond acceptors (Lipinski definition) is 4. The maximum absolute atomic E-state index is 11.8. The summed E-state index contributed by atoms with van der Waals surface area (Å²) >= 11 is 0. The molecule has 33 heavy (non-hydrogen) atoms. The summed E-state index contributed by atoms with van der Waals surface area (Å²) in [6.07, 6.45) is 0.918. The van der Waals surface area contributed by atoms with E-state index >= 15 is 0 Å². The number of rotatable bonds is 8. The third kappa shape index (κ3) is 7.65. The normalized spacial score (nSPS) is 11.4. The highest BCUT2D eigenvalue weighted by Crippen LogP contribution is 2.22. The molecule has 1 atom stereocenters. The fourth-order valence-corrected chi connectivity index (χ4v) is 3.61. The molecule has 174 valence electrons. The highest BCUT2D eigenvalue weighted by Gasteiger charge is 2.07. The lowest BCUT2D eigenvalue weighted by Crippen LogP contribution is -2.12. The molecule has 0 bridgehead atoms. The zero-order valence-corrected chi connectivity index (χ0v) is 20.1. The molecule has 0 saturated heterocycles. The Balaban J connectivity index is 0.000000227. The summed E-state index contributed by atoms with van der Waals surface area (Å²) in [4.78, 5) is 11.8. The quantitative estimate of drug-likeness (QED) is 0.300. The fourth-order valence-electron chi connectivity index (χ4n) is 3.61. The van der Waals surface area contributed by atoms with Crippen LogP contribution in [0.4, 0.5) is 0 Å². The number of carbonyl (C=O) groups excluding carboxylic acids is 1. The first kappa shape index (κ1) is 26.5. The lowest BCUT2D eigenvalue weighted by Gasteiger charge is -2.11. The predicted molar refractivity (Wildman–Crippen MR) is 142 cm³/mol. The fraction of sp³-hybridized carbons (Fsp3) is 0.250. The number of halogens is 1. The van der Waals surface area contributed by atoms with Gasteiger partial charge in [0.05, 0.1) is 6.10 Å². The molecule has 4 rings (SSSR count). The van der Waals surface area contributed by atoms with Gasteiger partial charge in [0.25, 0.3) is 0 Å². The highest BCUT2D eigenvalue weighted by molar-refractivity contribution is 6.00. The van der Waals surface area contributed by atoms with Gasteiger partial charge in [0, 0.05) is 18.5 Å². The number of aliphatic hydroxyl groups is 1. The van der Waals surface area contributed by atoms with Crippen LogP contribution in [-0.4, -0.2) is 38.1 Å². The van der Waals surface area contributed by atoms with Crippen molar-refractivity contribution in [2.24, 2.45) is 0 Å². The van der Waals surface area contributed by atoms with E-state index in [0.29, 0.717) is 6.42 Å². The van der Waals surface area contributed by atoms with Crippen molar-refractivity contribution in [1.29, 1.82) is 0 Å². The number of hydrogen-bond donors (Lipinski definition) is 3. The van der Waals surface area contributed by atoms with Crippen LogP contribution in [0.15, 0.2) is 84.9 Å². The van der Waals surface area contributed by atoms with Crippen LogP contribution in [0, 0.1) is 0 Å². The molecule has 4 aromatic rings. The number of Topliss-reactive ketones (excluding diaryl/α,β-unsaturated/α-hetero) is 1. The molecular weight excluding hydrogens is 432 g/mol. The van der Waals surface area contributed by atoms with Gasteiger partial charge in [0.2, 0.25) is 0 Å². The van der Waals surface area contributed by atoms with E-state index < -0.39 is 0 Å². The Morgan fingerprint density at radius 3 is 1.91 bits per heavy atom. The molecule has 0 amide bonds. The summed E-state index contributed by atoms with van der Waals surface area (Å²) < 4.78 is 0. The lowest BCUT2D eigenvalue weighted by molar-refractivity contribution is 0.0983. The summed E-state index contributed by atoms with van der Waals surface area (Å²) in [5, 5.41) is 20.7.